The Morgan fingerprint density at radius 3 is 1.78 bits per heavy atom. The highest BCUT2D eigenvalue weighted by Crippen LogP contribution is 2.47. The number of carbonyl (C=O) groups is 1. The maximum atomic E-state index is 12.9. The van der Waals surface area contributed by atoms with E-state index in [1.54, 1.807) is 0 Å². The SMILES string of the molecule is O=C(OC(CS(=O)(=O)[O-])(C(F)(F)F)C(F)(F)F)C1CCCCC1. The van der Waals surface area contributed by atoms with Gasteiger partial charge in [-0.2, -0.15) is 26.3 Å². The quantitative estimate of drug-likeness (QED) is 0.431. The number of halogens is 6. The molecule has 0 amide bonds. The molecule has 1 saturated carbocycles. The molecule has 0 atom stereocenters. The van der Waals surface area contributed by atoms with Crippen LogP contribution in [0.2, 0.25) is 0 Å². The van der Waals surface area contributed by atoms with Crippen LogP contribution in [0.4, 0.5) is 26.3 Å². The van der Waals surface area contributed by atoms with Gasteiger partial charge in [-0.3, -0.25) is 4.79 Å². The number of carbonyl (C=O) groups excluding carboxylic acids is 1. The molecule has 1 aliphatic carbocycles. The summed E-state index contributed by atoms with van der Waals surface area (Å²) in [5.74, 6) is -5.95. The highest BCUT2D eigenvalue weighted by atomic mass is 32.2. The predicted octanol–water partition coefficient (Wildman–Crippen LogP) is 2.52. The normalized spacial score (nSPS) is 18.7. The van der Waals surface area contributed by atoms with Crippen molar-refractivity contribution >= 4 is 16.1 Å². The van der Waals surface area contributed by atoms with Crippen LogP contribution in [0.5, 0.6) is 0 Å². The lowest BCUT2D eigenvalue weighted by Crippen LogP contribution is -2.63. The number of esters is 1. The average Bonchev–Trinajstić information content (AvgIpc) is 2.34. The maximum Gasteiger partial charge on any atom is 0.438 e. The van der Waals surface area contributed by atoms with E-state index < -0.39 is 45.7 Å². The lowest BCUT2D eigenvalue weighted by atomic mass is 9.89. The number of alkyl halides is 6. The summed E-state index contributed by atoms with van der Waals surface area (Å²) in [5.41, 5.74) is -5.37. The van der Waals surface area contributed by atoms with Crippen molar-refractivity contribution in [2.45, 2.75) is 50.1 Å². The van der Waals surface area contributed by atoms with Crippen molar-refractivity contribution in [1.29, 1.82) is 0 Å². The summed E-state index contributed by atoms with van der Waals surface area (Å²) in [6.07, 6.45) is -11.0. The minimum Gasteiger partial charge on any atom is -0.748 e. The second-order valence-electron chi connectivity index (χ2n) is 5.28. The Morgan fingerprint density at radius 1 is 1.00 bits per heavy atom. The molecule has 12 heteroatoms. The third-order valence-corrected chi connectivity index (χ3v) is 4.27. The smallest absolute Gasteiger partial charge is 0.438 e. The molecule has 0 saturated heterocycles. The first-order valence-corrected chi connectivity index (χ1v) is 8.07. The van der Waals surface area contributed by atoms with Gasteiger partial charge in [0.1, 0.15) is 0 Å². The van der Waals surface area contributed by atoms with Crippen LogP contribution in [0.25, 0.3) is 0 Å². The Morgan fingerprint density at radius 2 is 1.43 bits per heavy atom. The van der Waals surface area contributed by atoms with Crippen molar-refractivity contribution in [2.75, 3.05) is 5.75 Å². The molecule has 0 bridgehead atoms. The van der Waals surface area contributed by atoms with Crippen molar-refractivity contribution in [3.8, 4) is 0 Å². The fourth-order valence-corrected chi connectivity index (χ4v) is 3.20. The minimum atomic E-state index is -6.31. The molecule has 0 aromatic rings. The van der Waals surface area contributed by atoms with Crippen LogP contribution in [0.15, 0.2) is 0 Å². The number of ether oxygens (including phenoxy) is 1. The first-order valence-electron chi connectivity index (χ1n) is 6.49. The van der Waals surface area contributed by atoms with Gasteiger partial charge in [-0.25, -0.2) is 8.42 Å². The van der Waals surface area contributed by atoms with Gasteiger partial charge in [0.15, 0.2) is 0 Å². The summed E-state index contributed by atoms with van der Waals surface area (Å²) in [4.78, 5) is 11.7. The van der Waals surface area contributed by atoms with Gasteiger partial charge in [-0.15, -0.1) is 0 Å². The van der Waals surface area contributed by atoms with E-state index in [9.17, 15) is 44.1 Å². The van der Waals surface area contributed by atoms with Crippen molar-refractivity contribution in [3.63, 3.8) is 0 Å². The Bertz CT molecular complexity index is 518. The van der Waals surface area contributed by atoms with Crippen LogP contribution in [0, 0.1) is 5.92 Å². The van der Waals surface area contributed by atoms with E-state index in [1.165, 1.54) is 0 Å². The van der Waals surface area contributed by atoms with Crippen LogP contribution in [0.3, 0.4) is 0 Å². The first-order chi connectivity index (χ1) is 10.2. The molecular formula is C11H13F6O5S-. The second-order valence-corrected chi connectivity index (χ2v) is 6.68. The highest BCUT2D eigenvalue weighted by molar-refractivity contribution is 7.85. The summed E-state index contributed by atoms with van der Waals surface area (Å²) in [5, 5.41) is 0. The van der Waals surface area contributed by atoms with Gasteiger partial charge in [0.25, 0.3) is 0 Å². The Labute approximate surface area is 127 Å². The molecule has 0 radical (unpaired) electrons. The van der Waals surface area contributed by atoms with Crippen molar-refractivity contribution in [2.24, 2.45) is 5.92 Å². The minimum absolute atomic E-state index is 0.0365. The second kappa shape index (κ2) is 6.46. The summed E-state index contributed by atoms with van der Waals surface area (Å²) in [6.45, 7) is 0. The number of hydrogen-bond donors (Lipinski definition) is 0. The summed E-state index contributed by atoms with van der Waals surface area (Å²) < 4.78 is 113. The van der Waals surface area contributed by atoms with Gasteiger partial charge in [0.05, 0.1) is 21.8 Å². The van der Waals surface area contributed by atoms with E-state index in [1.807, 2.05) is 0 Å². The Hall–Kier alpha value is -1.04. The molecule has 1 aliphatic rings. The maximum absolute atomic E-state index is 12.9. The van der Waals surface area contributed by atoms with Gasteiger partial charge in [-0.1, -0.05) is 19.3 Å². The molecule has 0 aliphatic heterocycles. The zero-order chi connectivity index (χ0) is 18.1. The molecular weight excluding hydrogens is 358 g/mol. The van der Waals surface area contributed by atoms with Crippen LogP contribution < -0.4 is 0 Å². The Balaban J connectivity index is 3.24. The number of rotatable bonds is 4. The summed E-state index contributed by atoms with van der Waals surface area (Å²) >= 11 is 0. The first kappa shape index (κ1) is 20.0. The fourth-order valence-electron chi connectivity index (χ4n) is 2.31. The monoisotopic (exact) mass is 371 g/mol. The topological polar surface area (TPSA) is 83.5 Å². The van der Waals surface area contributed by atoms with Gasteiger partial charge in [0.2, 0.25) is 0 Å². The molecule has 0 N–H and O–H groups in total. The predicted molar refractivity (Wildman–Crippen MR) is 62.1 cm³/mol. The molecule has 1 rings (SSSR count). The van der Waals surface area contributed by atoms with Crippen LogP contribution in [-0.2, 0) is 19.6 Å². The molecule has 1 fully saturated rings. The van der Waals surface area contributed by atoms with Crippen LogP contribution in [0.1, 0.15) is 32.1 Å². The van der Waals surface area contributed by atoms with Crippen molar-refractivity contribution in [3.05, 3.63) is 0 Å². The molecule has 23 heavy (non-hydrogen) atoms. The van der Waals surface area contributed by atoms with E-state index >= 15 is 0 Å². The van der Waals surface area contributed by atoms with E-state index in [4.69, 9.17) is 0 Å². The third-order valence-electron chi connectivity index (χ3n) is 3.51. The molecule has 136 valence electrons. The van der Waals surface area contributed by atoms with E-state index in [0.717, 1.165) is 0 Å². The lowest BCUT2D eigenvalue weighted by molar-refractivity contribution is -0.362. The van der Waals surface area contributed by atoms with Crippen molar-refractivity contribution < 1.29 is 48.8 Å². The molecule has 0 aromatic carbocycles. The third kappa shape index (κ3) is 4.72. The molecule has 0 spiro atoms. The van der Waals surface area contributed by atoms with E-state index in [0.29, 0.717) is 19.3 Å². The highest BCUT2D eigenvalue weighted by Gasteiger charge is 2.75. The van der Waals surface area contributed by atoms with Gasteiger partial charge >= 0.3 is 23.9 Å². The Kier molecular flexibility index (Phi) is 5.62. The van der Waals surface area contributed by atoms with Crippen LogP contribution in [-0.4, -0.2) is 42.6 Å². The fraction of sp³-hybridized carbons (Fsp3) is 0.909. The zero-order valence-corrected chi connectivity index (χ0v) is 12.4. The molecule has 0 aromatic heterocycles. The van der Waals surface area contributed by atoms with Gasteiger partial charge < -0.3 is 9.29 Å². The zero-order valence-electron chi connectivity index (χ0n) is 11.5. The molecule has 5 nitrogen and oxygen atoms in total. The standard InChI is InChI=1S/C11H14F6O5S/c12-10(13,14)9(11(15,16)17,6-23(19,20)21)22-8(18)7-4-2-1-3-5-7/h7H,1-6H2,(H,19,20,21)/p-1. The summed E-state index contributed by atoms with van der Waals surface area (Å²) in [6, 6.07) is 0. The summed E-state index contributed by atoms with van der Waals surface area (Å²) in [7, 11) is -5.99. The number of hydrogen-bond acceptors (Lipinski definition) is 5. The van der Waals surface area contributed by atoms with Gasteiger partial charge in [0, 0.05) is 0 Å². The van der Waals surface area contributed by atoms with E-state index in [2.05, 4.69) is 4.74 Å². The largest absolute Gasteiger partial charge is 0.748 e. The molecule has 0 heterocycles. The average molecular weight is 371 g/mol. The van der Waals surface area contributed by atoms with Gasteiger partial charge in [-0.05, 0) is 12.8 Å². The van der Waals surface area contributed by atoms with Crippen LogP contribution >= 0.6 is 0 Å². The van der Waals surface area contributed by atoms with E-state index in [-0.39, 0.29) is 12.8 Å². The molecule has 0 unspecified atom stereocenters. The lowest BCUT2D eigenvalue weighted by Gasteiger charge is -2.38. The van der Waals surface area contributed by atoms with Crippen molar-refractivity contribution in [1.82, 2.24) is 0 Å².